The van der Waals surface area contributed by atoms with Crippen molar-refractivity contribution in [1.82, 2.24) is 20.1 Å². The highest BCUT2D eigenvalue weighted by molar-refractivity contribution is 5.87. The molecule has 1 atom stereocenters. The van der Waals surface area contributed by atoms with E-state index in [2.05, 4.69) is 20.5 Å². The summed E-state index contributed by atoms with van der Waals surface area (Å²) in [6.45, 7) is 3.01. The number of anilines is 1. The number of carbonyl (C=O) groups excluding carboxylic acids is 1. The molecule has 0 fully saturated rings. The molecule has 2 heterocycles. The van der Waals surface area contributed by atoms with Crippen molar-refractivity contribution in [1.29, 1.82) is 0 Å². The van der Waals surface area contributed by atoms with E-state index in [1.807, 2.05) is 55.5 Å². The summed E-state index contributed by atoms with van der Waals surface area (Å²) in [4.78, 5) is 18.5. The van der Waals surface area contributed by atoms with Gasteiger partial charge in [-0.15, -0.1) is 5.10 Å². The second kappa shape index (κ2) is 7.59. The minimum atomic E-state index is -0.305. The first-order valence-electron chi connectivity index (χ1n) is 9.03. The van der Waals surface area contributed by atoms with Crippen LogP contribution in [0.15, 0.2) is 48.5 Å². The van der Waals surface area contributed by atoms with Crippen LogP contribution in [0.25, 0.3) is 11.4 Å². The van der Waals surface area contributed by atoms with E-state index in [4.69, 9.17) is 9.47 Å². The molecule has 8 nitrogen and oxygen atoms in total. The van der Waals surface area contributed by atoms with Crippen LogP contribution in [0.3, 0.4) is 0 Å². The van der Waals surface area contributed by atoms with E-state index >= 15 is 0 Å². The quantitative estimate of drug-likeness (QED) is 0.724. The van der Waals surface area contributed by atoms with Crippen LogP contribution in [-0.2, 0) is 0 Å². The summed E-state index contributed by atoms with van der Waals surface area (Å²) in [5.41, 5.74) is 1.84. The fraction of sp³-hybridized carbons (Fsp3) is 0.250. The number of hydrogen-bond acceptors (Lipinski definition) is 5. The fourth-order valence-corrected chi connectivity index (χ4v) is 2.95. The van der Waals surface area contributed by atoms with Gasteiger partial charge in [-0.1, -0.05) is 36.4 Å². The van der Waals surface area contributed by atoms with Crippen molar-refractivity contribution in [2.24, 2.45) is 0 Å². The van der Waals surface area contributed by atoms with Crippen LogP contribution in [0.4, 0.5) is 10.7 Å². The first-order chi connectivity index (χ1) is 13.6. The summed E-state index contributed by atoms with van der Waals surface area (Å²) in [5.74, 6) is 2.25. The predicted molar refractivity (Wildman–Crippen MR) is 104 cm³/mol. The Morgan fingerprint density at radius 2 is 1.89 bits per heavy atom. The van der Waals surface area contributed by atoms with Gasteiger partial charge >= 0.3 is 6.03 Å². The minimum absolute atomic E-state index is 0.177. The lowest BCUT2D eigenvalue weighted by Crippen LogP contribution is -2.34. The third kappa shape index (κ3) is 3.62. The molecule has 2 amide bonds. The highest BCUT2D eigenvalue weighted by atomic mass is 16.6. The molecule has 1 aliphatic heterocycles. The van der Waals surface area contributed by atoms with Crippen molar-refractivity contribution in [3.05, 3.63) is 54.1 Å². The average molecular weight is 379 g/mol. The third-order valence-corrected chi connectivity index (χ3v) is 4.70. The van der Waals surface area contributed by atoms with E-state index in [1.54, 1.807) is 11.9 Å². The molecule has 0 unspecified atom stereocenters. The number of rotatable bonds is 4. The number of urea groups is 1. The van der Waals surface area contributed by atoms with E-state index in [0.29, 0.717) is 24.8 Å². The second-order valence-corrected chi connectivity index (χ2v) is 6.49. The number of nitrogens with one attached hydrogen (secondary N) is 2. The Bertz CT molecular complexity index is 973. The molecule has 0 bridgehead atoms. The molecule has 0 saturated carbocycles. The summed E-state index contributed by atoms with van der Waals surface area (Å²) in [6.07, 6.45) is 0. The number of hydrogen-bond donors (Lipinski definition) is 2. The zero-order chi connectivity index (χ0) is 19.5. The van der Waals surface area contributed by atoms with Crippen molar-refractivity contribution in [3.8, 4) is 22.9 Å². The zero-order valence-electron chi connectivity index (χ0n) is 15.7. The maximum absolute atomic E-state index is 12.6. The molecule has 1 aromatic heterocycles. The summed E-state index contributed by atoms with van der Waals surface area (Å²) in [7, 11) is 1.72. The molecule has 0 saturated heterocycles. The van der Waals surface area contributed by atoms with Gasteiger partial charge in [0.15, 0.2) is 17.3 Å². The van der Waals surface area contributed by atoms with E-state index in [-0.39, 0.29) is 18.0 Å². The standard InChI is InChI=1S/C20H21N5O3/c1-13(15-8-9-16-17(12-15)28-11-10-27-16)25(2)20(26)22-19-21-18(23-24-19)14-6-4-3-5-7-14/h3-9,12-13H,10-11H2,1-2H3,(H2,21,22,23,24,26)/t13-/m1/s1. The van der Waals surface area contributed by atoms with Gasteiger partial charge in [-0.3, -0.25) is 10.4 Å². The Hall–Kier alpha value is -3.55. The van der Waals surface area contributed by atoms with Gasteiger partial charge in [-0.05, 0) is 24.6 Å². The average Bonchev–Trinajstić information content (AvgIpc) is 3.21. The number of amides is 2. The topological polar surface area (TPSA) is 92.4 Å². The van der Waals surface area contributed by atoms with Crippen LogP contribution in [-0.4, -0.2) is 46.4 Å². The first kappa shape index (κ1) is 17.8. The molecular formula is C20H21N5O3. The Morgan fingerprint density at radius 1 is 1.14 bits per heavy atom. The number of ether oxygens (including phenoxy) is 2. The van der Waals surface area contributed by atoms with E-state index < -0.39 is 0 Å². The Labute approximate surface area is 162 Å². The lowest BCUT2D eigenvalue weighted by molar-refractivity contribution is 0.170. The zero-order valence-corrected chi connectivity index (χ0v) is 15.7. The first-order valence-corrected chi connectivity index (χ1v) is 9.03. The van der Waals surface area contributed by atoms with Gasteiger partial charge in [0.2, 0.25) is 5.95 Å². The maximum Gasteiger partial charge on any atom is 0.324 e. The van der Waals surface area contributed by atoms with Gasteiger partial charge in [-0.2, -0.15) is 4.98 Å². The Kier molecular flexibility index (Phi) is 4.84. The molecule has 1 aliphatic rings. The molecule has 0 radical (unpaired) electrons. The van der Waals surface area contributed by atoms with E-state index in [0.717, 1.165) is 16.9 Å². The lowest BCUT2D eigenvalue weighted by Gasteiger charge is -2.26. The summed E-state index contributed by atoms with van der Waals surface area (Å²) in [6, 6.07) is 14.8. The van der Waals surface area contributed by atoms with Crippen molar-refractivity contribution >= 4 is 12.0 Å². The molecule has 144 valence electrons. The summed E-state index contributed by atoms with van der Waals surface area (Å²) >= 11 is 0. The molecule has 0 spiro atoms. The van der Waals surface area contributed by atoms with E-state index in [1.165, 1.54) is 0 Å². The van der Waals surface area contributed by atoms with Crippen molar-refractivity contribution in [2.75, 3.05) is 25.6 Å². The van der Waals surface area contributed by atoms with Crippen molar-refractivity contribution < 1.29 is 14.3 Å². The van der Waals surface area contributed by atoms with Gasteiger partial charge in [0.1, 0.15) is 13.2 Å². The SMILES string of the molecule is C[C@H](c1ccc2c(c1)OCCO2)N(C)C(=O)Nc1n[nH]c(-c2ccccc2)n1. The van der Waals surface area contributed by atoms with Crippen LogP contribution in [0.2, 0.25) is 0 Å². The number of H-pyrrole nitrogens is 1. The van der Waals surface area contributed by atoms with Gasteiger partial charge in [-0.25, -0.2) is 4.79 Å². The molecule has 28 heavy (non-hydrogen) atoms. The van der Waals surface area contributed by atoms with Crippen LogP contribution in [0.5, 0.6) is 11.5 Å². The number of nitrogens with zero attached hydrogens (tertiary/aromatic N) is 3. The number of aromatic nitrogens is 3. The van der Waals surface area contributed by atoms with Crippen molar-refractivity contribution in [3.63, 3.8) is 0 Å². The molecular weight excluding hydrogens is 358 g/mol. The largest absolute Gasteiger partial charge is 0.486 e. The maximum atomic E-state index is 12.6. The van der Waals surface area contributed by atoms with Crippen molar-refractivity contribution in [2.45, 2.75) is 13.0 Å². The van der Waals surface area contributed by atoms with Crippen LogP contribution in [0, 0.1) is 0 Å². The predicted octanol–water partition coefficient (Wildman–Crippen LogP) is 3.47. The van der Waals surface area contributed by atoms with E-state index in [9.17, 15) is 4.79 Å². The fourth-order valence-electron chi connectivity index (χ4n) is 2.95. The van der Waals surface area contributed by atoms with Crippen LogP contribution < -0.4 is 14.8 Å². The van der Waals surface area contributed by atoms with Gasteiger partial charge < -0.3 is 14.4 Å². The van der Waals surface area contributed by atoms with Gasteiger partial charge in [0, 0.05) is 12.6 Å². The molecule has 3 aromatic rings. The second-order valence-electron chi connectivity index (χ2n) is 6.49. The summed E-state index contributed by atoms with van der Waals surface area (Å²) < 4.78 is 11.2. The third-order valence-electron chi connectivity index (χ3n) is 4.70. The Balaban J connectivity index is 1.44. The number of benzene rings is 2. The molecule has 2 aromatic carbocycles. The molecule has 4 rings (SSSR count). The highest BCUT2D eigenvalue weighted by Crippen LogP contribution is 2.33. The van der Waals surface area contributed by atoms with Crippen LogP contribution >= 0.6 is 0 Å². The van der Waals surface area contributed by atoms with Gasteiger partial charge in [0.05, 0.1) is 6.04 Å². The number of carbonyl (C=O) groups is 1. The molecule has 0 aliphatic carbocycles. The number of aromatic amines is 1. The van der Waals surface area contributed by atoms with Gasteiger partial charge in [0.25, 0.3) is 0 Å². The minimum Gasteiger partial charge on any atom is -0.486 e. The molecule has 2 N–H and O–H groups in total. The van der Waals surface area contributed by atoms with Crippen LogP contribution in [0.1, 0.15) is 18.5 Å². The Morgan fingerprint density at radius 3 is 2.68 bits per heavy atom. The normalized spacial score (nSPS) is 13.6. The lowest BCUT2D eigenvalue weighted by atomic mass is 10.1. The monoisotopic (exact) mass is 379 g/mol. The molecule has 8 heteroatoms. The number of fused-ring (bicyclic) bond motifs is 1. The highest BCUT2D eigenvalue weighted by Gasteiger charge is 2.21. The smallest absolute Gasteiger partial charge is 0.324 e. The summed E-state index contributed by atoms with van der Waals surface area (Å²) in [5, 5.41) is 9.63.